The summed E-state index contributed by atoms with van der Waals surface area (Å²) in [6.45, 7) is 0.0804. The van der Waals surface area contributed by atoms with E-state index in [0.717, 1.165) is 11.6 Å². The fraction of sp³-hybridized carbons (Fsp3) is 0.0769. The van der Waals surface area contributed by atoms with Crippen molar-refractivity contribution in [3.8, 4) is 5.75 Å². The van der Waals surface area contributed by atoms with E-state index in [0.29, 0.717) is 0 Å². The van der Waals surface area contributed by atoms with E-state index >= 15 is 0 Å². The molecule has 0 aliphatic rings. The maximum Gasteiger partial charge on any atom is 0.357 e. The van der Waals surface area contributed by atoms with Crippen LogP contribution in [0, 0.1) is 10.1 Å². The quantitative estimate of drug-likeness (QED) is 0.478. The molecular weight excluding hydrogens is 312 g/mol. The highest BCUT2D eigenvalue weighted by molar-refractivity contribution is 7.87. The summed E-state index contributed by atoms with van der Waals surface area (Å²) < 4.78 is 37.5. The van der Waals surface area contributed by atoms with E-state index in [1.807, 2.05) is 6.07 Å². The minimum Gasteiger partial charge on any atom is -0.482 e. The van der Waals surface area contributed by atoms with E-state index in [1.165, 1.54) is 12.1 Å². The maximum absolute atomic E-state index is 11.1. The first-order chi connectivity index (χ1) is 10.4. The Bertz CT molecular complexity index is 776. The second-order valence-corrected chi connectivity index (χ2v) is 5.42. The lowest BCUT2D eigenvalue weighted by Crippen LogP contribution is -2.12. The molecule has 22 heavy (non-hydrogen) atoms. The monoisotopic (exact) mass is 324 g/mol. The van der Waals surface area contributed by atoms with Gasteiger partial charge in [-0.25, -0.2) is 0 Å². The number of para-hydroxylation sites is 1. The van der Waals surface area contributed by atoms with Crippen LogP contribution in [-0.4, -0.2) is 17.9 Å². The minimum atomic E-state index is -4.63. The number of nitrogens with zero attached hydrogens (tertiary/aromatic N) is 1. The second kappa shape index (κ2) is 6.41. The van der Waals surface area contributed by atoms with Gasteiger partial charge in [0.05, 0.1) is 4.92 Å². The molecule has 8 nitrogen and oxygen atoms in total. The highest BCUT2D eigenvalue weighted by atomic mass is 32.2. The molecule has 0 aliphatic carbocycles. The molecule has 2 N–H and O–H groups in total. The van der Waals surface area contributed by atoms with Crippen molar-refractivity contribution in [1.29, 1.82) is 0 Å². The molecule has 0 unspecified atom stereocenters. The number of nitrogens with one attached hydrogen (secondary N) is 1. The van der Waals surface area contributed by atoms with Gasteiger partial charge in [-0.1, -0.05) is 36.4 Å². The minimum absolute atomic E-state index is 0.0804. The summed E-state index contributed by atoms with van der Waals surface area (Å²) in [6.07, 6.45) is 0. The summed E-state index contributed by atoms with van der Waals surface area (Å²) in [5.41, 5.74) is -0.154. The molecule has 0 amide bonds. The summed E-state index contributed by atoms with van der Waals surface area (Å²) in [6, 6.07) is 12.9. The lowest BCUT2D eigenvalue weighted by Gasteiger charge is -2.10. The first-order valence-corrected chi connectivity index (χ1v) is 7.50. The number of anilines is 1. The Balaban J connectivity index is 2.31. The van der Waals surface area contributed by atoms with E-state index in [4.69, 9.17) is 9.29 Å². The number of ether oxygens (including phenoxy) is 1. The van der Waals surface area contributed by atoms with Crippen molar-refractivity contribution in [3.05, 3.63) is 64.2 Å². The van der Waals surface area contributed by atoms with Gasteiger partial charge in [0.1, 0.15) is 12.3 Å². The number of nitro groups is 1. The first kappa shape index (κ1) is 15.7. The van der Waals surface area contributed by atoms with E-state index < -0.39 is 20.9 Å². The third-order valence-electron chi connectivity index (χ3n) is 2.66. The smallest absolute Gasteiger partial charge is 0.357 e. The zero-order chi connectivity index (χ0) is 16.2. The van der Waals surface area contributed by atoms with E-state index in [1.54, 1.807) is 29.0 Å². The number of hydrogen-bond acceptors (Lipinski definition) is 5. The highest BCUT2D eigenvalue weighted by Gasteiger charge is 2.23. The van der Waals surface area contributed by atoms with Crippen molar-refractivity contribution in [2.24, 2.45) is 0 Å². The number of nitro benzene ring substituents is 1. The Morgan fingerprint density at radius 1 is 1.14 bits per heavy atom. The van der Waals surface area contributed by atoms with Crippen LogP contribution < -0.4 is 9.46 Å². The molecule has 0 spiro atoms. The summed E-state index contributed by atoms with van der Waals surface area (Å²) in [4.78, 5) is 10.4. The number of hydrogen-bond donors (Lipinski definition) is 2. The van der Waals surface area contributed by atoms with Crippen LogP contribution in [0.4, 0.5) is 11.4 Å². The zero-order valence-electron chi connectivity index (χ0n) is 11.2. The molecule has 0 saturated carbocycles. The van der Waals surface area contributed by atoms with Crippen molar-refractivity contribution >= 4 is 21.7 Å². The van der Waals surface area contributed by atoms with Crippen molar-refractivity contribution in [2.45, 2.75) is 6.61 Å². The zero-order valence-corrected chi connectivity index (χ0v) is 12.0. The summed E-state index contributed by atoms with van der Waals surface area (Å²) in [5.74, 6) is -0.109. The largest absolute Gasteiger partial charge is 0.482 e. The van der Waals surface area contributed by atoms with Gasteiger partial charge in [0.15, 0.2) is 5.75 Å². The van der Waals surface area contributed by atoms with Crippen LogP contribution in [0.2, 0.25) is 0 Å². The van der Waals surface area contributed by atoms with E-state index in [9.17, 15) is 18.5 Å². The second-order valence-electron chi connectivity index (χ2n) is 4.26. The molecule has 2 aromatic carbocycles. The van der Waals surface area contributed by atoms with Crippen molar-refractivity contribution in [3.63, 3.8) is 0 Å². The number of benzene rings is 2. The van der Waals surface area contributed by atoms with Crippen LogP contribution in [0.5, 0.6) is 5.75 Å². The van der Waals surface area contributed by atoms with Crippen LogP contribution in [0.25, 0.3) is 0 Å². The Morgan fingerprint density at radius 3 is 2.41 bits per heavy atom. The molecule has 0 aromatic heterocycles. The third-order valence-corrected chi connectivity index (χ3v) is 3.14. The Kier molecular flexibility index (Phi) is 4.59. The highest BCUT2D eigenvalue weighted by Crippen LogP contribution is 2.35. The van der Waals surface area contributed by atoms with Gasteiger partial charge in [-0.2, -0.15) is 8.42 Å². The molecule has 0 aliphatic heterocycles. The normalized spacial score (nSPS) is 11.0. The van der Waals surface area contributed by atoms with Gasteiger partial charge in [-0.3, -0.25) is 19.4 Å². The average Bonchev–Trinajstić information content (AvgIpc) is 2.44. The van der Waals surface area contributed by atoms with Gasteiger partial charge < -0.3 is 4.74 Å². The molecule has 9 heteroatoms. The van der Waals surface area contributed by atoms with Gasteiger partial charge in [0.25, 0.3) is 0 Å². The van der Waals surface area contributed by atoms with Crippen molar-refractivity contribution in [2.75, 3.05) is 4.72 Å². The molecule has 0 radical (unpaired) electrons. The van der Waals surface area contributed by atoms with Crippen molar-refractivity contribution < 1.29 is 22.6 Å². The Morgan fingerprint density at radius 2 is 1.82 bits per heavy atom. The summed E-state index contributed by atoms with van der Waals surface area (Å²) in [5, 5.41) is 11.1. The fourth-order valence-electron chi connectivity index (χ4n) is 1.78. The van der Waals surface area contributed by atoms with Crippen LogP contribution in [0.3, 0.4) is 0 Å². The van der Waals surface area contributed by atoms with Crippen molar-refractivity contribution in [1.82, 2.24) is 0 Å². The van der Waals surface area contributed by atoms with Crippen LogP contribution in [-0.2, 0) is 16.9 Å². The van der Waals surface area contributed by atoms with Gasteiger partial charge in [0.2, 0.25) is 0 Å². The molecule has 0 fully saturated rings. The molecule has 2 rings (SSSR count). The molecule has 116 valence electrons. The van der Waals surface area contributed by atoms with Crippen LogP contribution in [0.1, 0.15) is 5.56 Å². The average molecular weight is 324 g/mol. The van der Waals surface area contributed by atoms with E-state index in [-0.39, 0.29) is 18.0 Å². The predicted molar refractivity (Wildman–Crippen MR) is 79.0 cm³/mol. The fourth-order valence-corrected chi connectivity index (χ4v) is 2.23. The topological polar surface area (TPSA) is 119 Å². The molecule has 2 aromatic rings. The van der Waals surface area contributed by atoms with Gasteiger partial charge in [0, 0.05) is 0 Å². The SMILES string of the molecule is O=[N+]([O-])c1c(NS(=O)(=O)O)cccc1OCc1ccccc1. The molecule has 0 heterocycles. The van der Waals surface area contributed by atoms with Crippen LogP contribution in [0.15, 0.2) is 48.5 Å². The Hall–Kier alpha value is -2.65. The first-order valence-electron chi connectivity index (χ1n) is 6.06. The van der Waals surface area contributed by atoms with Crippen LogP contribution >= 0.6 is 0 Å². The lowest BCUT2D eigenvalue weighted by molar-refractivity contribution is -0.385. The third kappa shape index (κ3) is 4.17. The lowest BCUT2D eigenvalue weighted by atomic mass is 10.2. The molecule has 0 bridgehead atoms. The van der Waals surface area contributed by atoms with Gasteiger partial charge >= 0.3 is 16.0 Å². The number of rotatable bonds is 6. The molecule has 0 saturated heterocycles. The standard InChI is InChI=1S/C13H12N2O6S/c16-15(17)13-11(14-22(18,19)20)7-4-8-12(13)21-9-10-5-2-1-3-6-10/h1-8,14H,9H2,(H,18,19,20). The van der Waals surface area contributed by atoms with Gasteiger partial charge in [-0.15, -0.1) is 0 Å². The Labute approximate surface area is 126 Å². The molecular formula is C13H12N2O6S. The summed E-state index contributed by atoms with van der Waals surface area (Å²) >= 11 is 0. The molecule has 0 atom stereocenters. The summed E-state index contributed by atoms with van der Waals surface area (Å²) in [7, 11) is -4.63. The predicted octanol–water partition coefficient (Wildman–Crippen LogP) is 2.39. The van der Waals surface area contributed by atoms with Gasteiger partial charge in [-0.05, 0) is 17.7 Å². The maximum atomic E-state index is 11.1. The van der Waals surface area contributed by atoms with E-state index in [2.05, 4.69) is 0 Å².